The Morgan fingerprint density at radius 2 is 1.55 bits per heavy atom. The Kier molecular flexibility index (Phi) is 6.73. The minimum atomic E-state index is -4.36. The first-order chi connectivity index (χ1) is 15.0. The van der Waals surface area contributed by atoms with Crippen LogP contribution in [0.4, 0.5) is 13.2 Å². The molecule has 0 unspecified atom stereocenters. The van der Waals surface area contributed by atoms with Crippen LogP contribution < -0.4 is 5.32 Å². The van der Waals surface area contributed by atoms with E-state index in [0.717, 1.165) is 50.7 Å². The highest BCUT2D eigenvalue weighted by Gasteiger charge is 2.33. The molecule has 5 heteroatoms. The van der Waals surface area contributed by atoms with Gasteiger partial charge in [0.15, 0.2) is 0 Å². The fourth-order valence-electron chi connectivity index (χ4n) is 4.25. The van der Waals surface area contributed by atoms with Crippen LogP contribution in [-0.2, 0) is 19.1 Å². The summed E-state index contributed by atoms with van der Waals surface area (Å²) in [4.78, 5) is 2.42. The second-order valence-corrected chi connectivity index (χ2v) is 8.15. The summed E-state index contributed by atoms with van der Waals surface area (Å²) in [5.41, 5.74) is 2.71. The summed E-state index contributed by atoms with van der Waals surface area (Å²) in [6.45, 7) is 3.72. The van der Waals surface area contributed by atoms with Crippen LogP contribution in [0.25, 0.3) is 11.1 Å². The molecule has 1 heterocycles. The molecule has 0 radical (unpaired) electrons. The maximum absolute atomic E-state index is 13.3. The number of nitrogens with zero attached hydrogens (tertiary/aromatic N) is 1. The third-order valence-electron chi connectivity index (χ3n) is 5.87. The average molecular weight is 425 g/mol. The Balaban J connectivity index is 1.37. The van der Waals surface area contributed by atoms with Crippen LogP contribution in [0.5, 0.6) is 0 Å². The summed E-state index contributed by atoms with van der Waals surface area (Å²) in [6, 6.07) is 24.2. The van der Waals surface area contributed by atoms with Crippen molar-refractivity contribution in [3.05, 3.63) is 95.6 Å². The number of rotatable bonds is 6. The van der Waals surface area contributed by atoms with Crippen molar-refractivity contribution in [1.29, 1.82) is 0 Å². The van der Waals surface area contributed by atoms with Gasteiger partial charge >= 0.3 is 6.18 Å². The van der Waals surface area contributed by atoms with E-state index in [1.807, 2.05) is 18.2 Å². The maximum Gasteiger partial charge on any atom is 0.417 e. The zero-order chi connectivity index (χ0) is 21.7. The van der Waals surface area contributed by atoms with Crippen molar-refractivity contribution in [2.24, 2.45) is 0 Å². The van der Waals surface area contributed by atoms with E-state index in [1.54, 1.807) is 18.2 Å². The molecule has 1 aliphatic rings. The van der Waals surface area contributed by atoms with Crippen molar-refractivity contribution in [2.75, 3.05) is 19.6 Å². The van der Waals surface area contributed by atoms with E-state index >= 15 is 0 Å². The zero-order valence-electron chi connectivity index (χ0n) is 17.4. The molecule has 0 aliphatic carbocycles. The summed E-state index contributed by atoms with van der Waals surface area (Å²) in [5.74, 6) is 0. The summed E-state index contributed by atoms with van der Waals surface area (Å²) >= 11 is 0. The van der Waals surface area contributed by atoms with Crippen molar-refractivity contribution < 1.29 is 13.2 Å². The molecule has 0 aromatic heterocycles. The highest BCUT2D eigenvalue weighted by molar-refractivity contribution is 5.68. The van der Waals surface area contributed by atoms with Gasteiger partial charge in [0.2, 0.25) is 0 Å². The second kappa shape index (κ2) is 9.67. The van der Waals surface area contributed by atoms with Gasteiger partial charge in [-0.3, -0.25) is 4.90 Å². The predicted octanol–water partition coefficient (Wildman–Crippen LogP) is 5.78. The zero-order valence-corrected chi connectivity index (χ0v) is 17.4. The Bertz CT molecular complexity index is 968. The molecule has 3 aromatic carbocycles. The topological polar surface area (TPSA) is 15.3 Å². The number of hydrogen-bond donors (Lipinski definition) is 1. The fraction of sp³-hybridized carbons (Fsp3) is 0.308. The highest BCUT2D eigenvalue weighted by atomic mass is 19.4. The lowest BCUT2D eigenvalue weighted by Gasteiger charge is -2.34. The van der Waals surface area contributed by atoms with Gasteiger partial charge in [0.25, 0.3) is 0 Å². The molecule has 0 saturated carbocycles. The van der Waals surface area contributed by atoms with E-state index < -0.39 is 11.7 Å². The van der Waals surface area contributed by atoms with Crippen molar-refractivity contribution >= 4 is 0 Å². The van der Waals surface area contributed by atoms with E-state index in [9.17, 15) is 13.2 Å². The first-order valence-corrected chi connectivity index (χ1v) is 10.7. The minimum Gasteiger partial charge on any atom is -0.311 e. The number of halogens is 3. The minimum absolute atomic E-state index is 0.227. The molecular weight excluding hydrogens is 397 g/mol. The molecule has 3 aromatic rings. The fourth-order valence-corrected chi connectivity index (χ4v) is 4.25. The van der Waals surface area contributed by atoms with Crippen LogP contribution in [0, 0.1) is 0 Å². The third kappa shape index (κ3) is 5.75. The van der Waals surface area contributed by atoms with Crippen LogP contribution in [-0.4, -0.2) is 30.6 Å². The molecule has 4 rings (SSSR count). The van der Waals surface area contributed by atoms with Crippen molar-refractivity contribution in [3.63, 3.8) is 0 Å². The van der Waals surface area contributed by atoms with Crippen LogP contribution in [0.3, 0.4) is 0 Å². The first kappa shape index (κ1) is 21.6. The number of benzene rings is 3. The van der Waals surface area contributed by atoms with Crippen LogP contribution in [0.15, 0.2) is 78.9 Å². The van der Waals surface area contributed by atoms with E-state index in [1.165, 1.54) is 17.7 Å². The SMILES string of the molecule is FC(F)(F)c1ccccc1-c1ccc(CN2CCN[C@@H](CCc3ccccc3)C2)cc1. The number of aryl methyl sites for hydroxylation is 1. The van der Waals surface area contributed by atoms with Gasteiger partial charge in [0.05, 0.1) is 5.56 Å². The summed E-state index contributed by atoms with van der Waals surface area (Å²) in [5, 5.41) is 3.61. The number of hydrogen-bond acceptors (Lipinski definition) is 2. The van der Waals surface area contributed by atoms with E-state index in [0.29, 0.717) is 11.6 Å². The van der Waals surface area contributed by atoms with E-state index in [-0.39, 0.29) is 5.56 Å². The lowest BCUT2D eigenvalue weighted by atomic mass is 9.98. The van der Waals surface area contributed by atoms with Gasteiger partial charge in [-0.05, 0) is 41.2 Å². The van der Waals surface area contributed by atoms with Crippen LogP contribution in [0.2, 0.25) is 0 Å². The lowest BCUT2D eigenvalue weighted by Crippen LogP contribution is -2.50. The first-order valence-electron chi connectivity index (χ1n) is 10.7. The molecule has 2 nitrogen and oxygen atoms in total. The molecule has 0 amide bonds. The van der Waals surface area contributed by atoms with Crippen molar-refractivity contribution in [2.45, 2.75) is 31.6 Å². The monoisotopic (exact) mass is 424 g/mol. The van der Waals surface area contributed by atoms with Gasteiger partial charge in [-0.1, -0.05) is 72.8 Å². The summed E-state index contributed by atoms with van der Waals surface area (Å²) in [6.07, 6.45) is -2.21. The Hall–Kier alpha value is -2.63. The second-order valence-electron chi connectivity index (χ2n) is 8.15. The number of piperazine rings is 1. The average Bonchev–Trinajstić information content (AvgIpc) is 2.79. The van der Waals surface area contributed by atoms with Crippen LogP contribution >= 0.6 is 0 Å². The molecule has 0 bridgehead atoms. The Labute approximate surface area is 181 Å². The standard InChI is InChI=1S/C26H27F3N2/c27-26(28,29)25-9-5-4-8-24(25)22-13-10-21(11-14-22)18-31-17-16-30-23(19-31)15-12-20-6-2-1-3-7-20/h1-11,13-14,23,30H,12,15-19H2/t23-/m0/s1. The number of nitrogens with one attached hydrogen (secondary N) is 1. The van der Waals surface area contributed by atoms with Gasteiger partial charge < -0.3 is 5.32 Å². The van der Waals surface area contributed by atoms with Crippen molar-refractivity contribution in [1.82, 2.24) is 10.2 Å². The normalized spacial score (nSPS) is 17.6. The highest BCUT2D eigenvalue weighted by Crippen LogP contribution is 2.36. The van der Waals surface area contributed by atoms with E-state index in [4.69, 9.17) is 0 Å². The maximum atomic E-state index is 13.3. The predicted molar refractivity (Wildman–Crippen MR) is 119 cm³/mol. The molecule has 31 heavy (non-hydrogen) atoms. The van der Waals surface area contributed by atoms with Gasteiger partial charge in [-0.2, -0.15) is 13.2 Å². The summed E-state index contributed by atoms with van der Waals surface area (Å²) < 4.78 is 40.0. The lowest BCUT2D eigenvalue weighted by molar-refractivity contribution is -0.137. The quantitative estimate of drug-likeness (QED) is 0.540. The van der Waals surface area contributed by atoms with Gasteiger partial charge in [0.1, 0.15) is 0 Å². The largest absolute Gasteiger partial charge is 0.417 e. The molecule has 1 atom stereocenters. The molecular formula is C26H27F3N2. The van der Waals surface area contributed by atoms with Gasteiger partial charge in [-0.25, -0.2) is 0 Å². The number of alkyl halides is 3. The third-order valence-corrected chi connectivity index (χ3v) is 5.87. The van der Waals surface area contributed by atoms with Crippen LogP contribution in [0.1, 0.15) is 23.1 Å². The molecule has 1 fully saturated rings. The Morgan fingerprint density at radius 3 is 2.29 bits per heavy atom. The van der Waals surface area contributed by atoms with Gasteiger partial charge in [0, 0.05) is 32.2 Å². The smallest absolute Gasteiger partial charge is 0.311 e. The molecule has 0 spiro atoms. The molecule has 162 valence electrons. The summed E-state index contributed by atoms with van der Waals surface area (Å²) in [7, 11) is 0. The van der Waals surface area contributed by atoms with Gasteiger partial charge in [-0.15, -0.1) is 0 Å². The van der Waals surface area contributed by atoms with E-state index in [2.05, 4.69) is 34.5 Å². The Morgan fingerprint density at radius 1 is 0.839 bits per heavy atom. The molecule has 1 saturated heterocycles. The molecule has 1 aliphatic heterocycles. The molecule has 1 N–H and O–H groups in total. The van der Waals surface area contributed by atoms with Crippen molar-refractivity contribution in [3.8, 4) is 11.1 Å².